The molecule has 0 aliphatic rings. The van der Waals surface area contributed by atoms with Crippen LogP contribution in [-0.4, -0.2) is 29.8 Å². The van der Waals surface area contributed by atoms with Crippen LogP contribution in [0.1, 0.15) is 17.4 Å². The van der Waals surface area contributed by atoms with Gasteiger partial charge in [-0.3, -0.25) is 4.68 Å². The quantitative estimate of drug-likeness (QED) is 0.625. The molecule has 0 radical (unpaired) electrons. The van der Waals surface area contributed by atoms with Crippen LogP contribution in [-0.2, 0) is 12.7 Å². The first-order valence-corrected chi connectivity index (χ1v) is 8.00. The Labute approximate surface area is 153 Å². The molecule has 7 nitrogen and oxygen atoms in total. The second-order valence-electron chi connectivity index (χ2n) is 5.14. The molecule has 1 atom stereocenters. The zero-order valence-corrected chi connectivity index (χ0v) is 14.5. The van der Waals surface area contributed by atoms with Crippen molar-refractivity contribution in [3.8, 4) is 11.6 Å². The molecule has 136 valence electrons. The molecule has 0 saturated heterocycles. The van der Waals surface area contributed by atoms with Crippen LogP contribution < -0.4 is 4.74 Å². The van der Waals surface area contributed by atoms with Gasteiger partial charge in [0.05, 0.1) is 12.7 Å². The van der Waals surface area contributed by atoms with Crippen LogP contribution in [0.15, 0.2) is 47.7 Å². The van der Waals surface area contributed by atoms with Gasteiger partial charge >= 0.3 is 6.18 Å². The molecule has 0 fully saturated rings. The summed E-state index contributed by atoms with van der Waals surface area (Å²) in [4.78, 5) is 11.1. The maximum Gasteiger partial charge on any atom is 0.433 e. The molecule has 0 saturated carbocycles. The maximum absolute atomic E-state index is 13.4. The van der Waals surface area contributed by atoms with Gasteiger partial charge in [0.1, 0.15) is 29.1 Å². The van der Waals surface area contributed by atoms with Crippen molar-refractivity contribution < 1.29 is 23.0 Å². The highest BCUT2D eigenvalue weighted by molar-refractivity contribution is 9.10. The van der Waals surface area contributed by atoms with Crippen molar-refractivity contribution in [2.24, 2.45) is 0 Å². The second kappa shape index (κ2) is 7.38. The lowest BCUT2D eigenvalue weighted by molar-refractivity contribution is -0.143. The van der Waals surface area contributed by atoms with Crippen LogP contribution in [0.5, 0.6) is 11.6 Å². The van der Waals surface area contributed by atoms with E-state index in [4.69, 9.17) is 4.74 Å². The number of pyridine rings is 2. The Morgan fingerprint density at radius 3 is 2.65 bits per heavy atom. The maximum atomic E-state index is 13.4. The molecule has 3 aromatic heterocycles. The minimum absolute atomic E-state index is 0.193. The van der Waals surface area contributed by atoms with Crippen LogP contribution in [0.4, 0.5) is 13.2 Å². The van der Waals surface area contributed by atoms with Crippen molar-refractivity contribution in [1.29, 1.82) is 0 Å². The van der Waals surface area contributed by atoms with Gasteiger partial charge in [0.2, 0.25) is 5.88 Å². The molecule has 1 N–H and O–H groups in total. The Bertz CT molecular complexity index is 872. The molecule has 0 amide bonds. The van der Waals surface area contributed by atoms with Gasteiger partial charge in [-0.1, -0.05) is 0 Å². The van der Waals surface area contributed by atoms with E-state index in [0.29, 0.717) is 4.60 Å². The fourth-order valence-electron chi connectivity index (χ4n) is 2.15. The summed E-state index contributed by atoms with van der Waals surface area (Å²) in [7, 11) is 0. The van der Waals surface area contributed by atoms with E-state index in [-0.39, 0.29) is 23.7 Å². The minimum atomic E-state index is -4.77. The molecule has 0 spiro atoms. The molecule has 26 heavy (non-hydrogen) atoms. The standard InChI is InChI=1S/C15H11BrF3N5O2/c16-12-3-1-9(5-21-12)26-13-4-2-10(14(23-13)15(17,18)19)11(25)6-24-8-20-7-22-24/h1-5,7-8,11,25H,6H2. The van der Waals surface area contributed by atoms with E-state index in [9.17, 15) is 18.3 Å². The van der Waals surface area contributed by atoms with Gasteiger partial charge in [0.25, 0.3) is 0 Å². The second-order valence-corrected chi connectivity index (χ2v) is 5.95. The first-order chi connectivity index (χ1) is 12.3. The van der Waals surface area contributed by atoms with Gasteiger partial charge in [0, 0.05) is 11.6 Å². The topological polar surface area (TPSA) is 86.0 Å². The summed E-state index contributed by atoms with van der Waals surface area (Å²) < 4.78 is 47.2. The van der Waals surface area contributed by atoms with Crippen LogP contribution in [0.3, 0.4) is 0 Å². The number of hydrogen-bond acceptors (Lipinski definition) is 6. The largest absolute Gasteiger partial charge is 0.437 e. The minimum Gasteiger partial charge on any atom is -0.437 e. The number of halogens is 4. The lowest BCUT2D eigenvalue weighted by Crippen LogP contribution is -2.18. The van der Waals surface area contributed by atoms with Crippen molar-refractivity contribution in [3.05, 3.63) is 59.0 Å². The fraction of sp³-hybridized carbons (Fsp3) is 0.200. The van der Waals surface area contributed by atoms with Gasteiger partial charge in [-0.05, 0) is 34.1 Å². The van der Waals surface area contributed by atoms with E-state index in [1.54, 1.807) is 6.07 Å². The predicted molar refractivity (Wildman–Crippen MR) is 86.2 cm³/mol. The van der Waals surface area contributed by atoms with Gasteiger partial charge in [-0.15, -0.1) is 0 Å². The Hall–Kier alpha value is -2.53. The first-order valence-electron chi connectivity index (χ1n) is 7.21. The number of nitrogens with zero attached hydrogens (tertiary/aromatic N) is 5. The molecule has 0 bridgehead atoms. The molecular weight excluding hydrogens is 419 g/mol. The van der Waals surface area contributed by atoms with Gasteiger partial charge in [0.15, 0.2) is 5.69 Å². The van der Waals surface area contributed by atoms with Crippen molar-refractivity contribution in [2.75, 3.05) is 0 Å². The van der Waals surface area contributed by atoms with E-state index in [2.05, 4.69) is 36.0 Å². The summed E-state index contributed by atoms with van der Waals surface area (Å²) in [6, 6.07) is 5.48. The van der Waals surface area contributed by atoms with E-state index < -0.39 is 18.0 Å². The highest BCUT2D eigenvalue weighted by Crippen LogP contribution is 2.35. The lowest BCUT2D eigenvalue weighted by Gasteiger charge is -2.17. The summed E-state index contributed by atoms with van der Waals surface area (Å²) in [6.45, 7) is -0.193. The third-order valence-electron chi connectivity index (χ3n) is 3.28. The average Bonchev–Trinajstić information content (AvgIpc) is 3.09. The highest BCUT2D eigenvalue weighted by Gasteiger charge is 2.37. The van der Waals surface area contributed by atoms with E-state index in [1.165, 1.54) is 35.7 Å². The zero-order chi connectivity index (χ0) is 18.7. The number of aromatic nitrogens is 5. The van der Waals surface area contributed by atoms with Crippen molar-refractivity contribution in [1.82, 2.24) is 24.7 Å². The van der Waals surface area contributed by atoms with E-state index >= 15 is 0 Å². The Morgan fingerprint density at radius 2 is 2.04 bits per heavy atom. The number of aliphatic hydroxyl groups excluding tert-OH is 1. The number of hydrogen-bond donors (Lipinski definition) is 1. The van der Waals surface area contributed by atoms with E-state index in [1.807, 2.05) is 0 Å². The Morgan fingerprint density at radius 1 is 1.23 bits per heavy atom. The molecule has 11 heteroatoms. The van der Waals surface area contributed by atoms with Crippen molar-refractivity contribution >= 4 is 15.9 Å². The first kappa shape index (κ1) is 18.3. The van der Waals surface area contributed by atoms with Crippen molar-refractivity contribution in [3.63, 3.8) is 0 Å². The molecule has 3 rings (SSSR count). The lowest BCUT2D eigenvalue weighted by atomic mass is 10.1. The molecule has 0 aliphatic carbocycles. The Balaban J connectivity index is 1.89. The SMILES string of the molecule is OC(Cn1cncn1)c1ccc(Oc2ccc(Br)nc2)nc1C(F)(F)F. The summed E-state index contributed by atoms with van der Waals surface area (Å²) in [5.74, 6) is -0.0390. The van der Waals surface area contributed by atoms with Crippen LogP contribution >= 0.6 is 15.9 Å². The normalized spacial score (nSPS) is 12.8. The summed E-state index contributed by atoms with van der Waals surface area (Å²) in [5.41, 5.74) is -1.61. The third kappa shape index (κ3) is 4.35. The molecular formula is C15H11BrF3N5O2. The number of aliphatic hydroxyl groups is 1. The zero-order valence-electron chi connectivity index (χ0n) is 12.9. The van der Waals surface area contributed by atoms with Gasteiger partial charge < -0.3 is 9.84 Å². The number of alkyl halides is 3. The van der Waals surface area contributed by atoms with Gasteiger partial charge in [-0.25, -0.2) is 15.0 Å². The average molecular weight is 430 g/mol. The van der Waals surface area contributed by atoms with Crippen LogP contribution in [0.25, 0.3) is 0 Å². The molecule has 3 aromatic rings. The Kier molecular flexibility index (Phi) is 5.18. The van der Waals surface area contributed by atoms with Crippen LogP contribution in [0, 0.1) is 0 Å². The van der Waals surface area contributed by atoms with Crippen LogP contribution in [0.2, 0.25) is 0 Å². The smallest absolute Gasteiger partial charge is 0.433 e. The molecule has 1 unspecified atom stereocenters. The molecule has 3 heterocycles. The predicted octanol–water partition coefficient (Wildman–Crippen LogP) is 3.38. The number of rotatable bonds is 5. The summed E-state index contributed by atoms with van der Waals surface area (Å²) >= 11 is 3.15. The third-order valence-corrected chi connectivity index (χ3v) is 3.75. The highest BCUT2D eigenvalue weighted by atomic mass is 79.9. The summed E-state index contributed by atoms with van der Waals surface area (Å²) in [5, 5.41) is 13.9. The molecule has 0 aromatic carbocycles. The van der Waals surface area contributed by atoms with Gasteiger partial charge in [-0.2, -0.15) is 18.3 Å². The van der Waals surface area contributed by atoms with Crippen molar-refractivity contribution in [2.45, 2.75) is 18.8 Å². The fourth-order valence-corrected chi connectivity index (χ4v) is 2.39. The summed E-state index contributed by atoms with van der Waals surface area (Å²) in [6.07, 6.45) is -2.38. The molecule has 0 aliphatic heterocycles. The van der Waals surface area contributed by atoms with E-state index in [0.717, 1.165) is 6.07 Å². The monoisotopic (exact) mass is 429 g/mol. The number of ether oxygens (including phenoxy) is 1.